The summed E-state index contributed by atoms with van der Waals surface area (Å²) in [4.78, 5) is 25.1. The van der Waals surface area contributed by atoms with Gasteiger partial charge in [0.15, 0.2) is 0 Å². The molecule has 3 aromatic rings. The normalized spacial score (nSPS) is 21.5. The second-order valence-electron chi connectivity index (χ2n) is 7.19. The summed E-state index contributed by atoms with van der Waals surface area (Å²) in [6.45, 7) is 1.80. The molecule has 2 unspecified atom stereocenters. The van der Waals surface area contributed by atoms with Gasteiger partial charge in [-0.05, 0) is 42.2 Å². The Labute approximate surface area is 191 Å². The summed E-state index contributed by atoms with van der Waals surface area (Å²) in [6, 6.07) is 5.08. The van der Waals surface area contributed by atoms with Gasteiger partial charge in [0.2, 0.25) is 0 Å². The number of nitrogens with zero attached hydrogens (tertiary/aromatic N) is 3. The van der Waals surface area contributed by atoms with Crippen molar-refractivity contribution in [2.24, 2.45) is 7.05 Å². The Morgan fingerprint density at radius 1 is 1.26 bits per heavy atom. The summed E-state index contributed by atoms with van der Waals surface area (Å²) in [7, 11) is 0.968. The molecule has 0 bridgehead atoms. The third kappa shape index (κ3) is 3.48. The lowest BCUT2D eigenvalue weighted by atomic mass is 9.88. The molecule has 0 saturated carbocycles. The van der Waals surface area contributed by atoms with Gasteiger partial charge in [0.1, 0.15) is 9.12 Å². The van der Waals surface area contributed by atoms with Crippen LogP contribution in [-0.4, -0.2) is 24.7 Å². The number of alkyl halides is 4. The number of halogens is 4. The molecule has 1 N–H and O–H groups in total. The Morgan fingerprint density at radius 2 is 1.97 bits per heavy atom. The summed E-state index contributed by atoms with van der Waals surface area (Å²) in [5.74, 6) is 0. The zero-order valence-electron chi connectivity index (χ0n) is 16.1. The molecular weight excluding hydrogens is 546 g/mol. The zero-order chi connectivity index (χ0) is 22.7. The van der Waals surface area contributed by atoms with E-state index in [-0.39, 0.29) is 5.69 Å². The molecule has 1 aliphatic rings. The molecule has 0 aliphatic heterocycles. The fourth-order valence-electron chi connectivity index (χ4n) is 3.54. The summed E-state index contributed by atoms with van der Waals surface area (Å²) in [6.07, 6.45) is -0.237. The summed E-state index contributed by atoms with van der Waals surface area (Å²) in [5.41, 5.74) is -2.09. The molecule has 31 heavy (non-hydrogen) atoms. The largest absolute Gasteiger partial charge is 0.431 e. The molecule has 0 saturated heterocycles. The molecule has 0 amide bonds. The van der Waals surface area contributed by atoms with Crippen molar-refractivity contribution in [3.8, 4) is 5.69 Å². The SMILES string of the molecule is CC1=CC=CC(I)(c2nsc3ccc(-n4c(=O)cc(C(F)(F)F)n(C)c4=O)cc23)C1O. The number of fused-ring (bicyclic) bond motifs is 1. The van der Waals surface area contributed by atoms with Crippen LogP contribution in [0.3, 0.4) is 0 Å². The van der Waals surface area contributed by atoms with Crippen LogP contribution in [0, 0.1) is 0 Å². The van der Waals surface area contributed by atoms with Gasteiger partial charge >= 0.3 is 11.9 Å². The first-order valence-electron chi connectivity index (χ1n) is 8.98. The predicted molar refractivity (Wildman–Crippen MR) is 120 cm³/mol. The number of aliphatic hydroxyl groups excluding tert-OH is 1. The van der Waals surface area contributed by atoms with Crippen molar-refractivity contribution in [2.75, 3.05) is 0 Å². The van der Waals surface area contributed by atoms with Crippen LogP contribution in [0.25, 0.3) is 15.8 Å². The van der Waals surface area contributed by atoms with Crippen molar-refractivity contribution in [3.05, 3.63) is 80.3 Å². The smallest absolute Gasteiger partial charge is 0.387 e. The molecule has 2 heterocycles. The van der Waals surface area contributed by atoms with E-state index in [9.17, 15) is 27.9 Å². The molecule has 4 rings (SSSR count). The van der Waals surface area contributed by atoms with Crippen LogP contribution >= 0.6 is 34.1 Å². The van der Waals surface area contributed by atoms with Gasteiger partial charge in [-0.1, -0.05) is 40.8 Å². The second kappa shape index (κ2) is 7.41. The molecule has 0 spiro atoms. The minimum atomic E-state index is -4.83. The molecule has 1 aromatic carbocycles. The van der Waals surface area contributed by atoms with Crippen LogP contribution in [0.5, 0.6) is 0 Å². The van der Waals surface area contributed by atoms with Crippen LogP contribution < -0.4 is 11.2 Å². The Hall–Kier alpha value is -2.25. The van der Waals surface area contributed by atoms with E-state index in [0.717, 1.165) is 17.3 Å². The fourth-order valence-corrected chi connectivity index (χ4v) is 5.63. The van der Waals surface area contributed by atoms with Crippen molar-refractivity contribution < 1.29 is 18.3 Å². The molecule has 0 fully saturated rings. The third-order valence-electron chi connectivity index (χ3n) is 5.21. The Kier molecular flexibility index (Phi) is 5.25. The van der Waals surface area contributed by atoms with Gasteiger partial charge in [-0.3, -0.25) is 9.36 Å². The Morgan fingerprint density at radius 3 is 2.65 bits per heavy atom. The molecule has 162 valence electrons. The number of benzene rings is 1. The van der Waals surface area contributed by atoms with E-state index < -0.39 is 32.6 Å². The van der Waals surface area contributed by atoms with Gasteiger partial charge in [0.05, 0.1) is 22.2 Å². The highest BCUT2D eigenvalue weighted by Crippen LogP contribution is 2.45. The van der Waals surface area contributed by atoms with Gasteiger partial charge in [-0.2, -0.15) is 17.5 Å². The number of rotatable bonds is 2. The van der Waals surface area contributed by atoms with Crippen LogP contribution in [0.4, 0.5) is 13.2 Å². The highest BCUT2D eigenvalue weighted by atomic mass is 127. The number of allylic oxidation sites excluding steroid dienone is 2. The number of hydrogen-bond acceptors (Lipinski definition) is 5. The van der Waals surface area contributed by atoms with Gasteiger partial charge in [-0.25, -0.2) is 9.36 Å². The molecular formula is C20H15F3IN3O3S. The van der Waals surface area contributed by atoms with Crippen molar-refractivity contribution >= 4 is 44.2 Å². The van der Waals surface area contributed by atoms with Gasteiger partial charge < -0.3 is 5.11 Å². The first-order chi connectivity index (χ1) is 14.4. The Balaban J connectivity index is 1.93. The minimum absolute atomic E-state index is 0.120. The van der Waals surface area contributed by atoms with Crippen LogP contribution in [0.1, 0.15) is 18.3 Å². The maximum absolute atomic E-state index is 13.1. The Bertz CT molecular complexity index is 1390. The van der Waals surface area contributed by atoms with Crippen LogP contribution in [0.2, 0.25) is 0 Å². The summed E-state index contributed by atoms with van der Waals surface area (Å²) in [5, 5.41) is 11.4. The molecule has 1 aliphatic carbocycles. The van der Waals surface area contributed by atoms with E-state index in [4.69, 9.17) is 0 Å². The minimum Gasteiger partial charge on any atom is -0.387 e. The lowest BCUT2D eigenvalue weighted by Gasteiger charge is -2.31. The molecule has 0 radical (unpaired) electrons. The van der Waals surface area contributed by atoms with Gasteiger partial charge in [0.25, 0.3) is 5.56 Å². The van der Waals surface area contributed by atoms with E-state index in [1.807, 2.05) is 12.2 Å². The monoisotopic (exact) mass is 561 g/mol. The zero-order valence-corrected chi connectivity index (χ0v) is 19.1. The first-order valence-corrected chi connectivity index (χ1v) is 10.8. The predicted octanol–water partition coefficient (Wildman–Crippen LogP) is 3.67. The maximum atomic E-state index is 13.1. The number of aromatic nitrogens is 3. The number of aliphatic hydroxyl groups is 1. The first kappa shape index (κ1) is 22.0. The van der Waals surface area contributed by atoms with E-state index in [1.165, 1.54) is 17.6 Å². The average Bonchev–Trinajstić information content (AvgIpc) is 3.12. The van der Waals surface area contributed by atoms with Crippen molar-refractivity contribution in [2.45, 2.75) is 22.6 Å². The molecule has 2 atom stereocenters. The standard InChI is InChI=1S/C20H15F3IN3O3S/c1-10-4-3-7-19(24,17(10)29)16-12-8-11(5-6-13(12)31-25-16)27-15(28)9-14(20(21,22)23)26(2)18(27)30/h3-9,17,29H,1-2H3. The van der Waals surface area contributed by atoms with E-state index in [0.29, 0.717) is 26.3 Å². The number of hydrogen-bond donors (Lipinski definition) is 1. The van der Waals surface area contributed by atoms with Crippen molar-refractivity contribution in [3.63, 3.8) is 0 Å². The second-order valence-corrected chi connectivity index (χ2v) is 9.78. The average molecular weight is 561 g/mol. The molecule has 6 nitrogen and oxygen atoms in total. The van der Waals surface area contributed by atoms with Crippen LogP contribution in [0.15, 0.2) is 57.7 Å². The van der Waals surface area contributed by atoms with Crippen LogP contribution in [-0.2, 0) is 16.6 Å². The highest BCUT2D eigenvalue weighted by molar-refractivity contribution is 14.1. The third-order valence-corrected chi connectivity index (χ3v) is 7.50. The van der Waals surface area contributed by atoms with E-state index in [1.54, 1.807) is 25.1 Å². The van der Waals surface area contributed by atoms with Gasteiger partial charge in [-0.15, -0.1) is 0 Å². The lowest BCUT2D eigenvalue weighted by Crippen LogP contribution is -2.40. The fraction of sp³-hybridized carbons (Fsp3) is 0.250. The van der Waals surface area contributed by atoms with Gasteiger partial charge in [0, 0.05) is 18.5 Å². The van der Waals surface area contributed by atoms with Crippen molar-refractivity contribution in [1.82, 2.24) is 13.5 Å². The summed E-state index contributed by atoms with van der Waals surface area (Å²) < 4.78 is 44.9. The maximum Gasteiger partial charge on any atom is 0.431 e. The van der Waals surface area contributed by atoms with Crippen molar-refractivity contribution in [1.29, 1.82) is 0 Å². The molecule has 11 heteroatoms. The van der Waals surface area contributed by atoms with E-state index in [2.05, 4.69) is 27.0 Å². The topological polar surface area (TPSA) is 77.1 Å². The lowest BCUT2D eigenvalue weighted by molar-refractivity contribution is -0.144. The summed E-state index contributed by atoms with van der Waals surface area (Å²) >= 11 is 3.30. The van der Waals surface area contributed by atoms with E-state index >= 15 is 0 Å². The molecule has 2 aromatic heterocycles. The quantitative estimate of drug-likeness (QED) is 0.383. The highest BCUT2D eigenvalue weighted by Gasteiger charge is 2.40.